The number of ether oxygens (including phenoxy) is 1. The quantitative estimate of drug-likeness (QED) is 0.825. The molecule has 5 heteroatoms. The maximum absolute atomic E-state index is 12.0. The van der Waals surface area contributed by atoms with Gasteiger partial charge in [-0.2, -0.15) is 0 Å². The Kier molecular flexibility index (Phi) is 4.90. The Balaban J connectivity index is 1.86. The average molecular weight is 263 g/mol. The third-order valence-corrected chi connectivity index (χ3v) is 3.37. The first-order valence-corrected chi connectivity index (χ1v) is 6.56. The van der Waals surface area contributed by atoms with Crippen LogP contribution < -0.4 is 11.1 Å². The summed E-state index contributed by atoms with van der Waals surface area (Å²) >= 11 is 0. The van der Waals surface area contributed by atoms with E-state index in [0.717, 1.165) is 24.3 Å². The molecule has 1 amide bonds. The van der Waals surface area contributed by atoms with Crippen LogP contribution in [0.5, 0.6) is 0 Å². The second-order valence-electron chi connectivity index (χ2n) is 4.89. The fourth-order valence-electron chi connectivity index (χ4n) is 2.20. The molecule has 0 aromatic heterocycles. The highest BCUT2D eigenvalue weighted by Gasteiger charge is 2.21. The summed E-state index contributed by atoms with van der Waals surface area (Å²) in [7, 11) is 1.95. The summed E-state index contributed by atoms with van der Waals surface area (Å²) in [5, 5.41) is 2.89. The maximum atomic E-state index is 12.0. The second kappa shape index (κ2) is 6.65. The Morgan fingerprint density at radius 1 is 1.58 bits per heavy atom. The Hall–Kier alpha value is -1.43. The molecule has 1 aromatic rings. The molecule has 5 nitrogen and oxygen atoms in total. The molecule has 19 heavy (non-hydrogen) atoms. The van der Waals surface area contributed by atoms with Crippen molar-refractivity contribution in [1.82, 2.24) is 4.90 Å². The van der Waals surface area contributed by atoms with Gasteiger partial charge in [0.25, 0.3) is 0 Å². The van der Waals surface area contributed by atoms with Crippen LogP contribution in [-0.4, -0.2) is 43.7 Å². The summed E-state index contributed by atoms with van der Waals surface area (Å²) in [6, 6.07) is 7.96. The van der Waals surface area contributed by atoms with E-state index in [2.05, 4.69) is 5.32 Å². The first-order chi connectivity index (χ1) is 9.19. The molecule has 1 unspecified atom stereocenters. The van der Waals surface area contributed by atoms with Crippen molar-refractivity contribution in [2.24, 2.45) is 5.73 Å². The first-order valence-electron chi connectivity index (χ1n) is 6.56. The van der Waals surface area contributed by atoms with Gasteiger partial charge in [-0.3, -0.25) is 9.69 Å². The van der Waals surface area contributed by atoms with Crippen LogP contribution in [-0.2, 0) is 16.1 Å². The number of benzene rings is 1. The van der Waals surface area contributed by atoms with Crippen LogP contribution in [0.3, 0.4) is 0 Å². The lowest BCUT2D eigenvalue weighted by Gasteiger charge is -2.22. The standard InChI is InChI=1S/C14H21N3O2/c1-17(13-5-6-19-10-13)9-14(18)16-12-4-2-3-11(7-12)8-15/h2-4,7,13H,5-6,8-10,15H2,1H3,(H,16,18). The SMILES string of the molecule is CN(CC(=O)Nc1cccc(CN)c1)C1CCOC1. The molecule has 1 fully saturated rings. The van der Waals surface area contributed by atoms with Crippen LogP contribution in [0, 0.1) is 0 Å². The number of rotatable bonds is 5. The van der Waals surface area contributed by atoms with Crippen molar-refractivity contribution in [2.75, 3.05) is 32.1 Å². The lowest BCUT2D eigenvalue weighted by Crippen LogP contribution is -2.38. The molecule has 1 heterocycles. The van der Waals surface area contributed by atoms with Crippen molar-refractivity contribution in [2.45, 2.75) is 19.0 Å². The summed E-state index contributed by atoms with van der Waals surface area (Å²) in [6.45, 7) is 2.35. The molecule has 104 valence electrons. The summed E-state index contributed by atoms with van der Waals surface area (Å²) in [6.07, 6.45) is 0.992. The summed E-state index contributed by atoms with van der Waals surface area (Å²) in [4.78, 5) is 14.0. The highest BCUT2D eigenvalue weighted by atomic mass is 16.5. The number of nitrogens with two attached hydrogens (primary N) is 1. The number of nitrogens with zero attached hydrogens (tertiary/aromatic N) is 1. The Morgan fingerprint density at radius 3 is 3.11 bits per heavy atom. The predicted octanol–water partition coefficient (Wildman–Crippen LogP) is 0.804. The molecule has 1 atom stereocenters. The molecular weight excluding hydrogens is 242 g/mol. The van der Waals surface area contributed by atoms with Crippen LogP contribution in [0.1, 0.15) is 12.0 Å². The van der Waals surface area contributed by atoms with E-state index in [1.807, 2.05) is 36.2 Å². The topological polar surface area (TPSA) is 67.6 Å². The molecular formula is C14H21N3O2. The Bertz CT molecular complexity index is 430. The van der Waals surface area contributed by atoms with Crippen molar-refractivity contribution in [3.63, 3.8) is 0 Å². The fraction of sp³-hybridized carbons (Fsp3) is 0.500. The molecule has 0 bridgehead atoms. The van der Waals surface area contributed by atoms with E-state index in [1.165, 1.54) is 0 Å². The molecule has 1 aromatic carbocycles. The van der Waals surface area contributed by atoms with Gasteiger partial charge in [-0.25, -0.2) is 0 Å². The first kappa shape index (κ1) is 14.0. The molecule has 0 radical (unpaired) electrons. The monoisotopic (exact) mass is 263 g/mol. The highest BCUT2D eigenvalue weighted by Crippen LogP contribution is 2.12. The molecule has 2 rings (SSSR count). The van der Waals surface area contributed by atoms with Gasteiger partial charge in [0.2, 0.25) is 5.91 Å². The van der Waals surface area contributed by atoms with E-state index in [1.54, 1.807) is 0 Å². The zero-order chi connectivity index (χ0) is 13.7. The van der Waals surface area contributed by atoms with Crippen LogP contribution in [0.2, 0.25) is 0 Å². The van der Waals surface area contributed by atoms with Gasteiger partial charge in [0.1, 0.15) is 0 Å². The number of amides is 1. The summed E-state index contributed by atoms with van der Waals surface area (Å²) in [5.74, 6) is -0.0106. The van der Waals surface area contributed by atoms with Crippen molar-refractivity contribution in [1.29, 1.82) is 0 Å². The summed E-state index contributed by atoms with van der Waals surface area (Å²) < 4.78 is 5.32. The number of hydrogen-bond donors (Lipinski definition) is 2. The zero-order valence-electron chi connectivity index (χ0n) is 11.3. The molecule has 3 N–H and O–H groups in total. The van der Waals surface area contributed by atoms with E-state index in [-0.39, 0.29) is 5.91 Å². The predicted molar refractivity (Wildman–Crippen MR) is 74.8 cm³/mol. The van der Waals surface area contributed by atoms with Crippen LogP contribution in [0.15, 0.2) is 24.3 Å². The van der Waals surface area contributed by atoms with Gasteiger partial charge in [0.05, 0.1) is 13.2 Å². The van der Waals surface area contributed by atoms with Crippen molar-refractivity contribution >= 4 is 11.6 Å². The molecule has 0 spiro atoms. The van der Waals surface area contributed by atoms with E-state index in [9.17, 15) is 4.79 Å². The minimum absolute atomic E-state index is 0.0106. The molecule has 0 saturated carbocycles. The van der Waals surface area contributed by atoms with Gasteiger partial charge in [-0.05, 0) is 31.2 Å². The van der Waals surface area contributed by atoms with Gasteiger partial charge in [-0.15, -0.1) is 0 Å². The maximum Gasteiger partial charge on any atom is 0.238 e. The smallest absolute Gasteiger partial charge is 0.238 e. The second-order valence-corrected chi connectivity index (χ2v) is 4.89. The lowest BCUT2D eigenvalue weighted by atomic mass is 10.2. The number of nitrogens with one attached hydrogen (secondary N) is 1. The van der Waals surface area contributed by atoms with Gasteiger partial charge in [0.15, 0.2) is 0 Å². The molecule has 1 saturated heterocycles. The number of carbonyl (C=O) groups is 1. The number of anilines is 1. The number of carbonyl (C=O) groups excluding carboxylic acids is 1. The normalized spacial score (nSPS) is 18.8. The van der Waals surface area contributed by atoms with Crippen molar-refractivity contribution in [3.8, 4) is 0 Å². The highest BCUT2D eigenvalue weighted by molar-refractivity contribution is 5.92. The minimum atomic E-state index is -0.0106. The Labute approximate surface area is 113 Å². The van der Waals surface area contributed by atoms with Crippen molar-refractivity contribution < 1.29 is 9.53 Å². The van der Waals surface area contributed by atoms with E-state index >= 15 is 0 Å². The fourth-order valence-corrected chi connectivity index (χ4v) is 2.20. The third kappa shape index (κ3) is 4.02. The van der Waals surface area contributed by atoms with Crippen LogP contribution >= 0.6 is 0 Å². The van der Waals surface area contributed by atoms with E-state index in [4.69, 9.17) is 10.5 Å². The molecule has 1 aliphatic rings. The van der Waals surface area contributed by atoms with E-state index in [0.29, 0.717) is 25.7 Å². The summed E-state index contributed by atoms with van der Waals surface area (Å²) in [5.41, 5.74) is 7.38. The van der Waals surface area contributed by atoms with Gasteiger partial charge in [0, 0.05) is 24.9 Å². The van der Waals surface area contributed by atoms with Gasteiger partial charge in [-0.1, -0.05) is 12.1 Å². The van der Waals surface area contributed by atoms with Crippen LogP contribution in [0.4, 0.5) is 5.69 Å². The third-order valence-electron chi connectivity index (χ3n) is 3.37. The minimum Gasteiger partial charge on any atom is -0.380 e. The largest absolute Gasteiger partial charge is 0.380 e. The van der Waals surface area contributed by atoms with Gasteiger partial charge >= 0.3 is 0 Å². The Morgan fingerprint density at radius 2 is 2.42 bits per heavy atom. The molecule has 0 aliphatic carbocycles. The van der Waals surface area contributed by atoms with Crippen molar-refractivity contribution in [3.05, 3.63) is 29.8 Å². The number of likely N-dealkylation sites (N-methyl/N-ethyl adjacent to an activating group) is 1. The van der Waals surface area contributed by atoms with Gasteiger partial charge < -0.3 is 15.8 Å². The zero-order valence-corrected chi connectivity index (χ0v) is 11.3. The number of hydrogen-bond acceptors (Lipinski definition) is 4. The molecule has 1 aliphatic heterocycles. The lowest BCUT2D eigenvalue weighted by molar-refractivity contribution is -0.117. The average Bonchev–Trinajstić information content (AvgIpc) is 2.92. The van der Waals surface area contributed by atoms with Crippen LogP contribution in [0.25, 0.3) is 0 Å². The van der Waals surface area contributed by atoms with E-state index < -0.39 is 0 Å².